The Morgan fingerprint density at radius 1 is 1.14 bits per heavy atom. The van der Waals surface area contributed by atoms with Crippen LogP contribution in [0.15, 0.2) is 55.0 Å². The molecule has 3 aromatic heterocycles. The first-order valence-electron chi connectivity index (χ1n) is 9.08. The number of fused-ring (bicyclic) bond motifs is 1. The van der Waals surface area contributed by atoms with Crippen LogP contribution in [-0.4, -0.2) is 33.4 Å². The van der Waals surface area contributed by atoms with Crippen LogP contribution in [-0.2, 0) is 0 Å². The number of rotatable bonds is 5. The van der Waals surface area contributed by atoms with E-state index in [0.717, 1.165) is 32.3 Å². The van der Waals surface area contributed by atoms with Gasteiger partial charge in [-0.3, -0.25) is 4.79 Å². The van der Waals surface area contributed by atoms with Gasteiger partial charge in [0.15, 0.2) is 5.13 Å². The molecule has 0 atom stereocenters. The smallest absolute Gasteiger partial charge is 0.271 e. The van der Waals surface area contributed by atoms with Crippen LogP contribution in [0.5, 0.6) is 0 Å². The highest BCUT2D eigenvalue weighted by molar-refractivity contribution is 7.18. The van der Waals surface area contributed by atoms with E-state index in [4.69, 9.17) is 0 Å². The fourth-order valence-corrected chi connectivity index (χ4v) is 3.97. The van der Waals surface area contributed by atoms with Gasteiger partial charge in [-0.25, -0.2) is 9.97 Å². The Kier molecular flexibility index (Phi) is 4.83. The topological polar surface area (TPSA) is 71.3 Å². The van der Waals surface area contributed by atoms with E-state index in [1.807, 2.05) is 47.1 Å². The number of carbonyl (C=O) groups excluding carboxylic acids is 1. The summed E-state index contributed by atoms with van der Waals surface area (Å²) in [6.45, 7) is 4.18. The average molecular weight is 392 g/mol. The Labute approximate surface area is 167 Å². The molecule has 0 aliphatic carbocycles. The third-order valence-electron chi connectivity index (χ3n) is 4.30. The van der Waals surface area contributed by atoms with E-state index >= 15 is 0 Å². The van der Waals surface area contributed by atoms with Gasteiger partial charge in [0.25, 0.3) is 5.91 Å². The van der Waals surface area contributed by atoms with Crippen LogP contribution in [0.1, 0.15) is 24.3 Å². The van der Waals surface area contributed by atoms with Crippen molar-refractivity contribution in [3.05, 3.63) is 60.7 Å². The van der Waals surface area contributed by atoms with Crippen LogP contribution in [0.3, 0.4) is 0 Å². The molecule has 0 saturated carbocycles. The second-order valence-corrected chi connectivity index (χ2v) is 7.80. The van der Waals surface area contributed by atoms with Crippen molar-refractivity contribution in [3.8, 4) is 21.6 Å². The summed E-state index contributed by atoms with van der Waals surface area (Å²) in [5.41, 5.74) is 4.19. The standard InChI is InChI=1S/C21H21N5OS/c1-13(2)24-21-23-10-18(28-21)15-9-16(14-7-5-4-6-8-14)19-25-17(20(27)22-3)12-26(19)11-15/h4-13H,1-3H3,(H,22,27)(H,23,24). The van der Waals surface area contributed by atoms with Crippen molar-refractivity contribution in [1.82, 2.24) is 19.7 Å². The lowest BCUT2D eigenvalue weighted by Gasteiger charge is -2.07. The SMILES string of the molecule is CNC(=O)c1cn2cc(-c3cnc(NC(C)C)s3)cc(-c3ccccc3)c2n1. The van der Waals surface area contributed by atoms with Crippen LogP contribution >= 0.6 is 11.3 Å². The van der Waals surface area contributed by atoms with E-state index in [1.165, 1.54) is 0 Å². The van der Waals surface area contributed by atoms with Crippen LogP contribution in [0.4, 0.5) is 5.13 Å². The normalized spacial score (nSPS) is 11.1. The molecule has 3 heterocycles. The van der Waals surface area contributed by atoms with Crippen molar-refractivity contribution in [1.29, 1.82) is 0 Å². The van der Waals surface area contributed by atoms with Crippen molar-refractivity contribution in [2.24, 2.45) is 0 Å². The molecule has 4 rings (SSSR count). The molecule has 0 unspecified atom stereocenters. The lowest BCUT2D eigenvalue weighted by atomic mass is 10.0. The van der Waals surface area contributed by atoms with Crippen molar-refractivity contribution in [3.63, 3.8) is 0 Å². The number of nitrogens with zero attached hydrogens (tertiary/aromatic N) is 3. The number of pyridine rings is 1. The van der Waals surface area contributed by atoms with Crippen molar-refractivity contribution >= 4 is 28.0 Å². The zero-order valence-electron chi connectivity index (χ0n) is 15.9. The van der Waals surface area contributed by atoms with Gasteiger partial charge in [0, 0.05) is 42.8 Å². The highest BCUT2D eigenvalue weighted by Crippen LogP contribution is 2.34. The molecular formula is C21H21N5OS. The molecule has 28 heavy (non-hydrogen) atoms. The summed E-state index contributed by atoms with van der Waals surface area (Å²) in [5.74, 6) is -0.203. The highest BCUT2D eigenvalue weighted by Gasteiger charge is 2.16. The van der Waals surface area contributed by atoms with Crippen molar-refractivity contribution in [2.75, 3.05) is 12.4 Å². The first-order chi connectivity index (χ1) is 13.5. The summed E-state index contributed by atoms with van der Waals surface area (Å²) in [4.78, 5) is 22.2. The van der Waals surface area contributed by atoms with Gasteiger partial charge in [-0.1, -0.05) is 41.7 Å². The lowest BCUT2D eigenvalue weighted by Crippen LogP contribution is -2.17. The second kappa shape index (κ2) is 7.44. The van der Waals surface area contributed by atoms with Crippen molar-refractivity contribution < 1.29 is 4.79 Å². The quantitative estimate of drug-likeness (QED) is 0.532. The molecule has 4 aromatic rings. The monoisotopic (exact) mass is 391 g/mol. The molecule has 0 bridgehead atoms. The average Bonchev–Trinajstić information content (AvgIpc) is 3.33. The zero-order valence-corrected chi connectivity index (χ0v) is 16.7. The van der Waals surface area contributed by atoms with Gasteiger partial charge in [0.2, 0.25) is 0 Å². The van der Waals surface area contributed by atoms with Gasteiger partial charge in [-0.2, -0.15) is 0 Å². The lowest BCUT2D eigenvalue weighted by molar-refractivity contribution is 0.0959. The van der Waals surface area contributed by atoms with Crippen LogP contribution in [0, 0.1) is 0 Å². The fourth-order valence-electron chi connectivity index (χ4n) is 3.02. The molecular weight excluding hydrogens is 370 g/mol. The van der Waals surface area contributed by atoms with Crippen LogP contribution in [0.25, 0.3) is 27.2 Å². The van der Waals surface area contributed by atoms with E-state index in [0.29, 0.717) is 11.7 Å². The number of hydrogen-bond acceptors (Lipinski definition) is 5. The molecule has 0 aliphatic rings. The number of anilines is 1. The van der Waals surface area contributed by atoms with Gasteiger partial charge in [0.1, 0.15) is 11.3 Å². The van der Waals surface area contributed by atoms with Gasteiger partial charge >= 0.3 is 0 Å². The van der Waals surface area contributed by atoms with E-state index in [2.05, 4.69) is 40.5 Å². The molecule has 6 nitrogen and oxygen atoms in total. The molecule has 7 heteroatoms. The minimum absolute atomic E-state index is 0.203. The number of carbonyl (C=O) groups is 1. The van der Waals surface area contributed by atoms with Crippen LogP contribution < -0.4 is 10.6 Å². The molecule has 2 N–H and O–H groups in total. The Hall–Kier alpha value is -3.19. The first kappa shape index (κ1) is 18.2. The molecule has 142 valence electrons. The summed E-state index contributed by atoms with van der Waals surface area (Å²) in [7, 11) is 1.61. The van der Waals surface area contributed by atoms with Gasteiger partial charge in [-0.05, 0) is 25.5 Å². The van der Waals surface area contributed by atoms with Crippen molar-refractivity contribution in [2.45, 2.75) is 19.9 Å². The number of imidazole rings is 1. The van der Waals surface area contributed by atoms with E-state index in [1.54, 1.807) is 24.6 Å². The predicted molar refractivity (Wildman–Crippen MR) is 114 cm³/mol. The van der Waals surface area contributed by atoms with Gasteiger partial charge < -0.3 is 15.0 Å². The number of thiazole rings is 1. The van der Waals surface area contributed by atoms with E-state index in [9.17, 15) is 4.79 Å². The summed E-state index contributed by atoms with van der Waals surface area (Å²) in [5, 5.41) is 6.87. The number of benzene rings is 1. The Morgan fingerprint density at radius 3 is 2.64 bits per heavy atom. The maximum absolute atomic E-state index is 12.1. The Balaban J connectivity index is 1.88. The van der Waals surface area contributed by atoms with E-state index in [-0.39, 0.29) is 5.91 Å². The first-order valence-corrected chi connectivity index (χ1v) is 9.90. The Morgan fingerprint density at radius 2 is 1.93 bits per heavy atom. The minimum Gasteiger partial charge on any atom is -0.359 e. The third kappa shape index (κ3) is 3.48. The Bertz CT molecular complexity index is 1130. The number of hydrogen-bond donors (Lipinski definition) is 2. The molecule has 0 saturated heterocycles. The maximum Gasteiger partial charge on any atom is 0.271 e. The maximum atomic E-state index is 12.1. The predicted octanol–water partition coefficient (Wildman–Crippen LogP) is 4.30. The van der Waals surface area contributed by atoms with Gasteiger partial charge in [0.05, 0.1) is 4.88 Å². The molecule has 0 radical (unpaired) electrons. The summed E-state index contributed by atoms with van der Waals surface area (Å²) >= 11 is 1.61. The van der Waals surface area contributed by atoms with Crippen LogP contribution in [0.2, 0.25) is 0 Å². The largest absolute Gasteiger partial charge is 0.359 e. The summed E-state index contributed by atoms with van der Waals surface area (Å²) < 4.78 is 1.91. The molecule has 1 amide bonds. The second-order valence-electron chi connectivity index (χ2n) is 6.77. The molecule has 1 aromatic carbocycles. The summed E-state index contributed by atoms with van der Waals surface area (Å²) in [6, 6.07) is 12.5. The minimum atomic E-state index is -0.203. The number of nitrogens with one attached hydrogen (secondary N) is 2. The number of aromatic nitrogens is 3. The number of amides is 1. The van der Waals surface area contributed by atoms with E-state index < -0.39 is 0 Å². The molecule has 0 aliphatic heterocycles. The summed E-state index contributed by atoms with van der Waals surface area (Å²) in [6.07, 6.45) is 5.63. The fraction of sp³-hybridized carbons (Fsp3) is 0.190. The zero-order chi connectivity index (χ0) is 19.7. The highest BCUT2D eigenvalue weighted by atomic mass is 32.1. The third-order valence-corrected chi connectivity index (χ3v) is 5.28. The molecule has 0 spiro atoms. The molecule has 0 fully saturated rings. The van der Waals surface area contributed by atoms with Gasteiger partial charge in [-0.15, -0.1) is 0 Å².